The average Bonchev–Trinajstić information content (AvgIpc) is 2.46. The molecule has 0 bridgehead atoms. The van der Waals surface area contributed by atoms with E-state index in [-0.39, 0.29) is 0 Å². The van der Waals surface area contributed by atoms with Crippen LogP contribution in [0.4, 0.5) is 0 Å². The van der Waals surface area contributed by atoms with Crippen molar-refractivity contribution < 1.29 is 14.2 Å². The third-order valence-corrected chi connectivity index (χ3v) is 3.50. The number of piperidine rings is 1. The first-order valence-corrected chi connectivity index (χ1v) is 6.30. The van der Waals surface area contributed by atoms with Gasteiger partial charge in [0.05, 0.1) is 21.3 Å². The molecule has 1 aromatic rings. The van der Waals surface area contributed by atoms with Crippen LogP contribution in [0.2, 0.25) is 0 Å². The van der Waals surface area contributed by atoms with Gasteiger partial charge in [0.1, 0.15) is 5.75 Å². The lowest BCUT2D eigenvalue weighted by Gasteiger charge is -2.25. The fraction of sp³-hybridized carbons (Fsp3) is 0.571. The van der Waals surface area contributed by atoms with Gasteiger partial charge in [0.15, 0.2) is 11.5 Å². The first-order chi connectivity index (χ1) is 8.80. The summed E-state index contributed by atoms with van der Waals surface area (Å²) in [5.41, 5.74) is 1.19. The van der Waals surface area contributed by atoms with Crippen LogP contribution in [-0.4, -0.2) is 34.4 Å². The summed E-state index contributed by atoms with van der Waals surface area (Å²) in [6.07, 6.45) is 2.24. The van der Waals surface area contributed by atoms with Crippen molar-refractivity contribution in [3.63, 3.8) is 0 Å². The van der Waals surface area contributed by atoms with Gasteiger partial charge in [0.25, 0.3) is 0 Å². The van der Waals surface area contributed by atoms with E-state index in [0.29, 0.717) is 5.92 Å². The van der Waals surface area contributed by atoms with E-state index in [4.69, 9.17) is 14.2 Å². The quantitative estimate of drug-likeness (QED) is 0.890. The molecule has 0 radical (unpaired) electrons. The lowest BCUT2D eigenvalue weighted by molar-refractivity contribution is 0.338. The van der Waals surface area contributed by atoms with Crippen LogP contribution in [0.5, 0.6) is 17.2 Å². The normalized spacial score (nSPS) is 16.4. The Morgan fingerprint density at radius 2 is 1.72 bits per heavy atom. The zero-order valence-electron chi connectivity index (χ0n) is 11.3. The Morgan fingerprint density at radius 1 is 1.00 bits per heavy atom. The molecule has 100 valence electrons. The molecule has 0 spiro atoms. The van der Waals surface area contributed by atoms with Crippen LogP contribution in [-0.2, 0) is 0 Å². The fourth-order valence-electron chi connectivity index (χ4n) is 2.52. The van der Waals surface area contributed by atoms with Crippen LogP contribution in [0.1, 0.15) is 24.3 Å². The predicted molar refractivity (Wildman–Crippen MR) is 70.9 cm³/mol. The van der Waals surface area contributed by atoms with Gasteiger partial charge in [-0.15, -0.1) is 0 Å². The van der Waals surface area contributed by atoms with Crippen molar-refractivity contribution in [3.05, 3.63) is 17.7 Å². The fourth-order valence-corrected chi connectivity index (χ4v) is 2.52. The first-order valence-electron chi connectivity index (χ1n) is 6.30. The molecule has 2 rings (SSSR count). The molecule has 0 aromatic heterocycles. The maximum atomic E-state index is 5.52. The van der Waals surface area contributed by atoms with Crippen molar-refractivity contribution in [1.29, 1.82) is 0 Å². The van der Waals surface area contributed by atoms with Gasteiger partial charge >= 0.3 is 0 Å². The minimum Gasteiger partial charge on any atom is -0.497 e. The molecule has 1 saturated heterocycles. The highest BCUT2D eigenvalue weighted by molar-refractivity contribution is 5.53. The van der Waals surface area contributed by atoms with E-state index >= 15 is 0 Å². The van der Waals surface area contributed by atoms with E-state index in [2.05, 4.69) is 11.4 Å². The monoisotopic (exact) mass is 251 g/mol. The predicted octanol–water partition coefficient (Wildman–Crippen LogP) is 2.18. The van der Waals surface area contributed by atoms with Gasteiger partial charge < -0.3 is 19.5 Å². The van der Waals surface area contributed by atoms with Crippen molar-refractivity contribution in [2.45, 2.75) is 18.8 Å². The standard InChI is InChI=1S/C14H21NO3/c1-16-11-8-12(10-4-6-15-7-5-10)14(18-3)13(9-11)17-2/h8-10,15H,4-7H2,1-3H3. The molecule has 0 unspecified atom stereocenters. The van der Waals surface area contributed by atoms with Crippen LogP contribution in [0.25, 0.3) is 0 Å². The van der Waals surface area contributed by atoms with Gasteiger partial charge in [-0.2, -0.15) is 0 Å². The van der Waals surface area contributed by atoms with Gasteiger partial charge in [-0.05, 0) is 37.9 Å². The van der Waals surface area contributed by atoms with Gasteiger partial charge in [-0.25, -0.2) is 0 Å². The summed E-state index contributed by atoms with van der Waals surface area (Å²) in [6, 6.07) is 3.93. The Bertz CT molecular complexity index is 400. The molecule has 1 N–H and O–H groups in total. The molecule has 1 fully saturated rings. The minimum absolute atomic E-state index is 0.505. The van der Waals surface area contributed by atoms with Gasteiger partial charge in [0, 0.05) is 11.6 Å². The smallest absolute Gasteiger partial charge is 0.164 e. The van der Waals surface area contributed by atoms with Gasteiger partial charge in [0.2, 0.25) is 0 Å². The molecule has 1 aliphatic heterocycles. The highest BCUT2D eigenvalue weighted by Crippen LogP contribution is 2.41. The Labute approximate surface area is 108 Å². The van der Waals surface area contributed by atoms with Crippen molar-refractivity contribution in [2.24, 2.45) is 0 Å². The highest BCUT2D eigenvalue weighted by atomic mass is 16.5. The summed E-state index contributed by atoms with van der Waals surface area (Å²) < 4.78 is 16.2. The van der Waals surface area contributed by atoms with Gasteiger partial charge in [-0.1, -0.05) is 0 Å². The largest absolute Gasteiger partial charge is 0.497 e. The SMILES string of the molecule is COc1cc(OC)c(OC)c(C2CCNCC2)c1. The van der Waals surface area contributed by atoms with E-state index < -0.39 is 0 Å². The zero-order chi connectivity index (χ0) is 13.0. The molecule has 4 heteroatoms. The highest BCUT2D eigenvalue weighted by Gasteiger charge is 2.22. The van der Waals surface area contributed by atoms with E-state index in [1.807, 2.05) is 6.07 Å². The van der Waals surface area contributed by atoms with Crippen LogP contribution < -0.4 is 19.5 Å². The Hall–Kier alpha value is -1.42. The number of hydrogen-bond acceptors (Lipinski definition) is 4. The van der Waals surface area contributed by atoms with E-state index in [1.165, 1.54) is 5.56 Å². The molecule has 0 aliphatic carbocycles. The number of hydrogen-bond donors (Lipinski definition) is 1. The van der Waals surface area contributed by atoms with Crippen molar-refractivity contribution in [2.75, 3.05) is 34.4 Å². The lowest BCUT2D eigenvalue weighted by atomic mass is 9.89. The zero-order valence-corrected chi connectivity index (χ0v) is 11.3. The van der Waals surface area contributed by atoms with E-state index in [9.17, 15) is 0 Å². The number of methoxy groups -OCH3 is 3. The Morgan fingerprint density at radius 3 is 2.28 bits per heavy atom. The summed E-state index contributed by atoms with van der Waals surface area (Å²) in [4.78, 5) is 0. The number of rotatable bonds is 4. The number of ether oxygens (including phenoxy) is 3. The molecule has 0 saturated carbocycles. The molecule has 4 nitrogen and oxygen atoms in total. The van der Waals surface area contributed by atoms with E-state index in [1.54, 1.807) is 21.3 Å². The van der Waals surface area contributed by atoms with Crippen molar-refractivity contribution >= 4 is 0 Å². The number of benzene rings is 1. The summed E-state index contributed by atoms with van der Waals surface area (Å²) >= 11 is 0. The Kier molecular flexibility index (Phi) is 4.31. The van der Waals surface area contributed by atoms with Crippen LogP contribution >= 0.6 is 0 Å². The minimum atomic E-state index is 0.505. The molecule has 1 heterocycles. The average molecular weight is 251 g/mol. The van der Waals surface area contributed by atoms with Crippen LogP contribution in [0, 0.1) is 0 Å². The van der Waals surface area contributed by atoms with Gasteiger partial charge in [-0.3, -0.25) is 0 Å². The summed E-state index contributed by atoms with van der Waals surface area (Å²) in [5.74, 6) is 2.90. The topological polar surface area (TPSA) is 39.7 Å². The number of nitrogens with one attached hydrogen (secondary N) is 1. The molecule has 18 heavy (non-hydrogen) atoms. The summed E-state index contributed by atoms with van der Waals surface area (Å²) in [5, 5.41) is 3.38. The summed E-state index contributed by atoms with van der Waals surface area (Å²) in [6.45, 7) is 2.10. The van der Waals surface area contributed by atoms with Crippen LogP contribution in [0.3, 0.4) is 0 Å². The first kappa shape index (κ1) is 13.0. The molecular formula is C14H21NO3. The third kappa shape index (κ3) is 2.53. The third-order valence-electron chi connectivity index (χ3n) is 3.50. The van der Waals surface area contributed by atoms with Crippen molar-refractivity contribution in [1.82, 2.24) is 5.32 Å². The van der Waals surface area contributed by atoms with E-state index in [0.717, 1.165) is 43.2 Å². The maximum Gasteiger partial charge on any atom is 0.164 e. The lowest BCUT2D eigenvalue weighted by Crippen LogP contribution is -2.26. The second kappa shape index (κ2) is 5.96. The summed E-state index contributed by atoms with van der Waals surface area (Å²) in [7, 11) is 5.02. The molecule has 0 amide bonds. The maximum absolute atomic E-state index is 5.52. The van der Waals surface area contributed by atoms with Crippen LogP contribution in [0.15, 0.2) is 12.1 Å². The molecule has 1 aromatic carbocycles. The molecule has 0 atom stereocenters. The molecule has 1 aliphatic rings. The molecular weight excluding hydrogens is 230 g/mol. The van der Waals surface area contributed by atoms with Crippen molar-refractivity contribution in [3.8, 4) is 17.2 Å². The second-order valence-electron chi connectivity index (χ2n) is 4.48. The second-order valence-corrected chi connectivity index (χ2v) is 4.48. The Balaban J connectivity index is 2.41.